The number of carbonyl (C=O) groups excluding carboxylic acids is 1. The van der Waals surface area contributed by atoms with E-state index in [9.17, 15) is 18.0 Å². The maximum absolute atomic E-state index is 13.2. The van der Waals surface area contributed by atoms with Gasteiger partial charge in [0.2, 0.25) is 5.91 Å². The molecule has 9 heteroatoms. The molecule has 1 aliphatic heterocycles. The summed E-state index contributed by atoms with van der Waals surface area (Å²) in [4.78, 5) is 17.5. The fourth-order valence-electron chi connectivity index (χ4n) is 3.19. The van der Waals surface area contributed by atoms with Gasteiger partial charge in [0.1, 0.15) is 0 Å². The highest BCUT2D eigenvalue weighted by molar-refractivity contribution is 7.10. The third-order valence-electron chi connectivity index (χ3n) is 4.74. The largest absolute Gasteiger partial charge is 0.416 e. The maximum Gasteiger partial charge on any atom is 0.416 e. The predicted octanol–water partition coefficient (Wildman–Crippen LogP) is 3.98. The molecule has 0 saturated carbocycles. The van der Waals surface area contributed by atoms with Gasteiger partial charge in [-0.3, -0.25) is 9.69 Å². The van der Waals surface area contributed by atoms with Crippen LogP contribution in [0.15, 0.2) is 29.6 Å². The van der Waals surface area contributed by atoms with E-state index in [1.165, 1.54) is 6.07 Å². The highest BCUT2D eigenvalue weighted by Gasteiger charge is 2.32. The smallest absolute Gasteiger partial charge is 0.378 e. The van der Waals surface area contributed by atoms with Gasteiger partial charge in [-0.05, 0) is 49.2 Å². The lowest BCUT2D eigenvalue weighted by Gasteiger charge is -2.31. The van der Waals surface area contributed by atoms with E-state index in [-0.39, 0.29) is 18.1 Å². The van der Waals surface area contributed by atoms with Crippen LogP contribution in [0, 0.1) is 6.92 Å². The van der Waals surface area contributed by atoms with Crippen LogP contribution in [0.3, 0.4) is 0 Å². The molecule has 0 aliphatic carbocycles. The fourth-order valence-corrected chi connectivity index (χ4v) is 4.18. The second-order valence-electron chi connectivity index (χ2n) is 7.08. The van der Waals surface area contributed by atoms with Crippen molar-refractivity contribution in [2.24, 2.45) is 0 Å². The molecule has 1 N–H and O–H groups in total. The normalized spacial score (nSPS) is 15.0. The van der Waals surface area contributed by atoms with Crippen LogP contribution in [0.5, 0.6) is 0 Å². The number of likely N-dealkylation sites (N-methyl/N-ethyl adjacent to an activating group) is 1. The number of thiophene rings is 1. The molecule has 5 nitrogen and oxygen atoms in total. The number of anilines is 2. The number of halogens is 3. The van der Waals surface area contributed by atoms with E-state index < -0.39 is 11.7 Å². The van der Waals surface area contributed by atoms with Crippen molar-refractivity contribution in [1.82, 2.24) is 4.90 Å². The van der Waals surface area contributed by atoms with E-state index in [0.29, 0.717) is 38.5 Å². The number of ether oxygens (including phenoxy) is 1. The first-order valence-electron chi connectivity index (χ1n) is 9.29. The predicted molar refractivity (Wildman–Crippen MR) is 108 cm³/mol. The van der Waals surface area contributed by atoms with Gasteiger partial charge in [-0.1, -0.05) is 0 Å². The molecule has 0 unspecified atom stereocenters. The Morgan fingerprint density at radius 3 is 2.62 bits per heavy atom. The second-order valence-corrected chi connectivity index (χ2v) is 8.08. The summed E-state index contributed by atoms with van der Waals surface area (Å²) in [5, 5.41) is 4.68. The molecule has 0 spiro atoms. The minimum atomic E-state index is -4.48. The summed E-state index contributed by atoms with van der Waals surface area (Å²) in [6.07, 6.45) is -4.48. The average Bonchev–Trinajstić information content (AvgIpc) is 3.06. The lowest BCUT2D eigenvalue weighted by molar-refractivity contribution is -0.137. The Kier molecular flexibility index (Phi) is 6.81. The molecular formula is C20H24F3N3O2S. The highest BCUT2D eigenvalue weighted by Crippen LogP contribution is 2.35. The highest BCUT2D eigenvalue weighted by atomic mass is 32.1. The summed E-state index contributed by atoms with van der Waals surface area (Å²) < 4.78 is 44.9. The first kappa shape index (κ1) is 21.6. The van der Waals surface area contributed by atoms with Crippen molar-refractivity contribution in [2.45, 2.75) is 19.6 Å². The molecule has 3 rings (SSSR count). The van der Waals surface area contributed by atoms with E-state index in [2.05, 4.69) is 5.32 Å². The number of alkyl halides is 3. The molecule has 1 aromatic carbocycles. The summed E-state index contributed by atoms with van der Waals surface area (Å²) in [7, 11) is 1.81. The summed E-state index contributed by atoms with van der Waals surface area (Å²) in [6.45, 7) is 4.81. The van der Waals surface area contributed by atoms with E-state index in [1.807, 2.05) is 35.2 Å². The summed E-state index contributed by atoms with van der Waals surface area (Å²) in [6, 6.07) is 5.49. The van der Waals surface area contributed by atoms with Crippen molar-refractivity contribution >= 4 is 28.6 Å². The van der Waals surface area contributed by atoms with Gasteiger partial charge in [0.05, 0.1) is 36.7 Å². The quantitative estimate of drug-likeness (QED) is 0.758. The lowest BCUT2D eigenvalue weighted by atomic mass is 10.1. The average molecular weight is 427 g/mol. The number of nitrogens with zero attached hydrogens (tertiary/aromatic N) is 2. The van der Waals surface area contributed by atoms with Gasteiger partial charge in [-0.15, -0.1) is 11.3 Å². The van der Waals surface area contributed by atoms with Gasteiger partial charge in [0.15, 0.2) is 0 Å². The molecule has 1 aromatic heterocycles. The molecule has 158 valence electrons. The monoisotopic (exact) mass is 427 g/mol. The van der Waals surface area contributed by atoms with Crippen LogP contribution in [0.2, 0.25) is 0 Å². The van der Waals surface area contributed by atoms with Crippen molar-refractivity contribution in [1.29, 1.82) is 0 Å². The Morgan fingerprint density at radius 1 is 1.28 bits per heavy atom. The minimum absolute atomic E-state index is 0.0795. The Balaban J connectivity index is 1.74. The van der Waals surface area contributed by atoms with E-state index >= 15 is 0 Å². The first-order valence-corrected chi connectivity index (χ1v) is 10.2. The van der Waals surface area contributed by atoms with E-state index in [0.717, 1.165) is 22.6 Å². The number of rotatable bonds is 6. The summed E-state index contributed by atoms with van der Waals surface area (Å²) in [5.74, 6) is -0.351. The molecule has 0 bridgehead atoms. The zero-order chi connectivity index (χ0) is 21.0. The van der Waals surface area contributed by atoms with Crippen molar-refractivity contribution in [3.63, 3.8) is 0 Å². The number of benzene rings is 1. The number of hydrogen-bond donors (Lipinski definition) is 1. The number of carbonyl (C=O) groups is 1. The van der Waals surface area contributed by atoms with E-state index in [1.54, 1.807) is 11.3 Å². The molecular weight excluding hydrogens is 403 g/mol. The molecule has 2 heterocycles. The number of nitrogens with one attached hydrogen (secondary N) is 1. The Bertz CT molecular complexity index is 848. The van der Waals surface area contributed by atoms with Crippen LogP contribution in [-0.2, 0) is 22.3 Å². The zero-order valence-corrected chi connectivity index (χ0v) is 17.2. The van der Waals surface area contributed by atoms with Crippen molar-refractivity contribution in [2.75, 3.05) is 50.1 Å². The fraction of sp³-hybridized carbons (Fsp3) is 0.450. The number of hydrogen-bond acceptors (Lipinski definition) is 5. The summed E-state index contributed by atoms with van der Waals surface area (Å²) >= 11 is 1.62. The van der Waals surface area contributed by atoms with Gasteiger partial charge < -0.3 is 15.0 Å². The minimum Gasteiger partial charge on any atom is -0.378 e. The third kappa shape index (κ3) is 5.71. The molecule has 1 fully saturated rings. The second kappa shape index (κ2) is 9.15. The van der Waals surface area contributed by atoms with Crippen LogP contribution in [-0.4, -0.2) is 50.7 Å². The first-order chi connectivity index (χ1) is 13.7. The van der Waals surface area contributed by atoms with Gasteiger partial charge in [-0.25, -0.2) is 0 Å². The molecule has 1 saturated heterocycles. The van der Waals surface area contributed by atoms with Gasteiger partial charge >= 0.3 is 6.18 Å². The number of morpholine rings is 1. The van der Waals surface area contributed by atoms with Crippen molar-refractivity contribution in [3.8, 4) is 0 Å². The Hall–Kier alpha value is -2.10. The van der Waals surface area contributed by atoms with E-state index in [4.69, 9.17) is 4.74 Å². The molecule has 0 radical (unpaired) electrons. The zero-order valence-electron chi connectivity index (χ0n) is 16.4. The van der Waals surface area contributed by atoms with Crippen LogP contribution >= 0.6 is 11.3 Å². The van der Waals surface area contributed by atoms with Gasteiger partial charge in [0.25, 0.3) is 0 Å². The van der Waals surface area contributed by atoms with Crippen LogP contribution in [0.4, 0.5) is 24.5 Å². The van der Waals surface area contributed by atoms with Crippen LogP contribution in [0.1, 0.15) is 16.0 Å². The summed E-state index contributed by atoms with van der Waals surface area (Å²) in [5.41, 5.74) is 1.13. The molecule has 1 aliphatic rings. The van der Waals surface area contributed by atoms with Crippen molar-refractivity contribution < 1.29 is 22.7 Å². The molecule has 2 aromatic rings. The Morgan fingerprint density at radius 2 is 2.00 bits per heavy atom. The van der Waals surface area contributed by atoms with Gasteiger partial charge in [0, 0.05) is 24.5 Å². The van der Waals surface area contributed by atoms with Crippen LogP contribution < -0.4 is 10.2 Å². The third-order valence-corrected chi connectivity index (χ3v) is 5.75. The lowest BCUT2D eigenvalue weighted by Crippen LogP contribution is -2.37. The Labute approximate surface area is 172 Å². The van der Waals surface area contributed by atoms with Crippen molar-refractivity contribution in [3.05, 3.63) is 45.6 Å². The SMILES string of the molecule is Cc1ccsc1CN(C)CC(=O)Nc1cc(C(F)(F)F)ccc1N1CCOCC1. The van der Waals surface area contributed by atoms with Gasteiger partial charge in [-0.2, -0.15) is 13.2 Å². The topological polar surface area (TPSA) is 44.8 Å². The number of amides is 1. The maximum atomic E-state index is 13.2. The molecule has 1 amide bonds. The standard InChI is InChI=1S/C20H24F3N3O2S/c1-14-5-10-29-18(14)12-25(2)13-19(27)24-16-11-15(20(21,22)23)3-4-17(16)26-6-8-28-9-7-26/h3-5,10-11H,6-9,12-13H2,1-2H3,(H,24,27). The van der Waals surface area contributed by atoms with Crippen LogP contribution in [0.25, 0.3) is 0 Å². The molecule has 0 atom stereocenters. The molecule has 29 heavy (non-hydrogen) atoms. The number of aryl methyl sites for hydroxylation is 1.